The predicted molar refractivity (Wildman–Crippen MR) is 114 cm³/mol. The average Bonchev–Trinajstić information content (AvgIpc) is 2.76. The Balaban J connectivity index is 1.52. The Labute approximate surface area is 171 Å². The molecule has 5 nitrogen and oxygen atoms in total. The number of carbonyl (C=O) groups excluding carboxylic acids is 1. The molecule has 3 aromatic rings. The van der Waals surface area contributed by atoms with Gasteiger partial charge in [-0.3, -0.25) is 4.79 Å². The average molecular weight is 391 g/mol. The minimum absolute atomic E-state index is 0.198. The minimum Gasteiger partial charge on any atom is -0.494 e. The summed E-state index contributed by atoms with van der Waals surface area (Å²) in [5.74, 6) is 1.97. The van der Waals surface area contributed by atoms with Crippen LogP contribution in [0.25, 0.3) is 0 Å². The highest BCUT2D eigenvalue weighted by atomic mass is 16.5. The Bertz CT molecular complexity index is 912. The second kappa shape index (κ2) is 10.8. The second-order valence-electron chi connectivity index (χ2n) is 6.37. The summed E-state index contributed by atoms with van der Waals surface area (Å²) in [6.45, 7) is 3.51. The second-order valence-corrected chi connectivity index (χ2v) is 6.37. The molecule has 1 N–H and O–H groups in total. The SMILES string of the molecule is CCCOc1cccc(C(=O)Nc2cccc(OCCOc3ccccc3)c2)c1. The van der Waals surface area contributed by atoms with Crippen LogP contribution in [-0.2, 0) is 0 Å². The molecule has 0 aliphatic carbocycles. The zero-order valence-electron chi connectivity index (χ0n) is 16.5. The van der Waals surface area contributed by atoms with E-state index in [1.807, 2.05) is 67.6 Å². The van der Waals surface area contributed by atoms with Gasteiger partial charge in [-0.2, -0.15) is 0 Å². The maximum absolute atomic E-state index is 12.5. The van der Waals surface area contributed by atoms with Crippen LogP contribution in [0.1, 0.15) is 23.7 Å². The van der Waals surface area contributed by atoms with Gasteiger partial charge in [0.1, 0.15) is 30.5 Å². The molecule has 3 aromatic carbocycles. The Kier molecular flexibility index (Phi) is 7.52. The van der Waals surface area contributed by atoms with E-state index in [2.05, 4.69) is 5.32 Å². The minimum atomic E-state index is -0.198. The van der Waals surface area contributed by atoms with E-state index in [9.17, 15) is 4.79 Å². The van der Waals surface area contributed by atoms with Gasteiger partial charge in [0.05, 0.1) is 6.61 Å². The van der Waals surface area contributed by atoms with Gasteiger partial charge in [-0.1, -0.05) is 37.3 Å². The molecule has 0 aliphatic heterocycles. The summed E-state index contributed by atoms with van der Waals surface area (Å²) < 4.78 is 16.9. The van der Waals surface area contributed by atoms with Gasteiger partial charge in [0.15, 0.2) is 0 Å². The summed E-state index contributed by atoms with van der Waals surface area (Å²) in [5.41, 5.74) is 1.21. The molecular formula is C24H25NO4. The molecule has 0 saturated heterocycles. The first-order chi connectivity index (χ1) is 14.2. The molecule has 0 atom stereocenters. The summed E-state index contributed by atoms with van der Waals surface area (Å²) in [4.78, 5) is 12.5. The van der Waals surface area contributed by atoms with Crippen molar-refractivity contribution >= 4 is 11.6 Å². The lowest BCUT2D eigenvalue weighted by molar-refractivity contribution is 0.102. The van der Waals surface area contributed by atoms with Gasteiger partial charge in [-0.25, -0.2) is 0 Å². The largest absolute Gasteiger partial charge is 0.494 e. The predicted octanol–water partition coefficient (Wildman–Crippen LogP) is 5.19. The van der Waals surface area contributed by atoms with E-state index < -0.39 is 0 Å². The molecular weight excluding hydrogens is 366 g/mol. The highest BCUT2D eigenvalue weighted by Crippen LogP contribution is 2.20. The summed E-state index contributed by atoms with van der Waals surface area (Å²) in [6.07, 6.45) is 0.916. The molecule has 0 unspecified atom stereocenters. The first-order valence-electron chi connectivity index (χ1n) is 9.69. The van der Waals surface area contributed by atoms with Gasteiger partial charge in [0.25, 0.3) is 5.91 Å². The maximum Gasteiger partial charge on any atom is 0.255 e. The molecule has 0 bridgehead atoms. The van der Waals surface area contributed by atoms with E-state index >= 15 is 0 Å². The number of anilines is 1. The molecule has 3 rings (SSSR count). The molecule has 29 heavy (non-hydrogen) atoms. The number of carbonyl (C=O) groups is 1. The molecule has 5 heteroatoms. The van der Waals surface area contributed by atoms with Crippen LogP contribution in [0.3, 0.4) is 0 Å². The molecule has 150 valence electrons. The molecule has 0 aromatic heterocycles. The van der Waals surface area contributed by atoms with E-state index in [4.69, 9.17) is 14.2 Å². The van der Waals surface area contributed by atoms with E-state index in [0.717, 1.165) is 12.2 Å². The summed E-state index contributed by atoms with van der Waals surface area (Å²) in [7, 11) is 0. The fraction of sp³-hybridized carbons (Fsp3) is 0.208. The van der Waals surface area contributed by atoms with Crippen molar-refractivity contribution in [2.75, 3.05) is 25.1 Å². The normalized spacial score (nSPS) is 10.2. The Morgan fingerprint density at radius 3 is 2.10 bits per heavy atom. The number of rotatable bonds is 10. The smallest absolute Gasteiger partial charge is 0.255 e. The van der Waals surface area contributed by atoms with Gasteiger partial charge in [0.2, 0.25) is 0 Å². The maximum atomic E-state index is 12.5. The number of hydrogen-bond acceptors (Lipinski definition) is 4. The molecule has 0 aliphatic rings. The third kappa shape index (κ3) is 6.57. The third-order valence-electron chi connectivity index (χ3n) is 4.02. The molecule has 1 amide bonds. The van der Waals surface area contributed by atoms with Crippen molar-refractivity contribution in [1.29, 1.82) is 0 Å². The Hall–Kier alpha value is -3.47. The van der Waals surface area contributed by atoms with Crippen molar-refractivity contribution in [3.05, 3.63) is 84.4 Å². The van der Waals surface area contributed by atoms with Crippen LogP contribution in [-0.4, -0.2) is 25.7 Å². The number of para-hydroxylation sites is 1. The van der Waals surface area contributed by atoms with Crippen LogP contribution in [0, 0.1) is 0 Å². The lowest BCUT2D eigenvalue weighted by Gasteiger charge is -2.11. The van der Waals surface area contributed by atoms with Crippen molar-refractivity contribution in [3.8, 4) is 17.2 Å². The van der Waals surface area contributed by atoms with Crippen LogP contribution in [0.4, 0.5) is 5.69 Å². The molecule has 0 fully saturated rings. The Morgan fingerprint density at radius 2 is 1.34 bits per heavy atom. The zero-order chi connectivity index (χ0) is 20.3. The third-order valence-corrected chi connectivity index (χ3v) is 4.02. The highest BCUT2D eigenvalue weighted by Gasteiger charge is 2.08. The number of hydrogen-bond donors (Lipinski definition) is 1. The van der Waals surface area contributed by atoms with Crippen molar-refractivity contribution in [3.63, 3.8) is 0 Å². The van der Waals surface area contributed by atoms with E-state index in [1.54, 1.807) is 18.2 Å². The van der Waals surface area contributed by atoms with Crippen molar-refractivity contribution in [2.45, 2.75) is 13.3 Å². The monoisotopic (exact) mass is 391 g/mol. The van der Waals surface area contributed by atoms with Gasteiger partial charge >= 0.3 is 0 Å². The van der Waals surface area contributed by atoms with Crippen LogP contribution < -0.4 is 19.5 Å². The standard InChI is InChI=1S/C24H25NO4/c1-2-14-27-22-12-6-8-19(17-22)24(26)25-20-9-7-13-23(18-20)29-16-15-28-21-10-4-3-5-11-21/h3-13,17-18H,2,14-16H2,1H3,(H,25,26). The first kappa shape index (κ1) is 20.3. The van der Waals surface area contributed by atoms with Crippen molar-refractivity contribution in [1.82, 2.24) is 0 Å². The lowest BCUT2D eigenvalue weighted by atomic mass is 10.2. The van der Waals surface area contributed by atoms with Crippen molar-refractivity contribution in [2.24, 2.45) is 0 Å². The summed E-state index contributed by atoms with van der Waals surface area (Å²) >= 11 is 0. The summed E-state index contributed by atoms with van der Waals surface area (Å²) in [5, 5.41) is 2.89. The van der Waals surface area contributed by atoms with Crippen LogP contribution in [0.2, 0.25) is 0 Å². The highest BCUT2D eigenvalue weighted by molar-refractivity contribution is 6.04. The van der Waals surface area contributed by atoms with E-state index in [1.165, 1.54) is 0 Å². The van der Waals surface area contributed by atoms with Crippen LogP contribution in [0.5, 0.6) is 17.2 Å². The van der Waals surface area contributed by atoms with Crippen LogP contribution in [0.15, 0.2) is 78.9 Å². The number of amides is 1. The zero-order valence-corrected chi connectivity index (χ0v) is 16.5. The van der Waals surface area contributed by atoms with Crippen LogP contribution >= 0.6 is 0 Å². The molecule has 0 spiro atoms. The molecule has 0 radical (unpaired) electrons. The van der Waals surface area contributed by atoms with E-state index in [-0.39, 0.29) is 5.91 Å². The van der Waals surface area contributed by atoms with Gasteiger partial charge in [0, 0.05) is 17.3 Å². The number of benzene rings is 3. The topological polar surface area (TPSA) is 56.8 Å². The fourth-order valence-corrected chi connectivity index (χ4v) is 2.65. The lowest BCUT2D eigenvalue weighted by Crippen LogP contribution is -2.12. The van der Waals surface area contributed by atoms with Crippen molar-refractivity contribution < 1.29 is 19.0 Å². The molecule has 0 saturated carbocycles. The summed E-state index contributed by atoms with van der Waals surface area (Å²) in [6, 6.07) is 24.0. The Morgan fingerprint density at radius 1 is 0.724 bits per heavy atom. The van der Waals surface area contributed by atoms with E-state index in [0.29, 0.717) is 42.6 Å². The number of ether oxygens (including phenoxy) is 3. The fourth-order valence-electron chi connectivity index (χ4n) is 2.65. The quantitative estimate of drug-likeness (QED) is 0.484. The van der Waals surface area contributed by atoms with Gasteiger partial charge in [-0.05, 0) is 48.9 Å². The number of nitrogens with one attached hydrogen (secondary N) is 1. The first-order valence-corrected chi connectivity index (χ1v) is 9.69. The molecule has 0 heterocycles. The van der Waals surface area contributed by atoms with Gasteiger partial charge < -0.3 is 19.5 Å². The van der Waals surface area contributed by atoms with Gasteiger partial charge in [-0.15, -0.1) is 0 Å².